The van der Waals surface area contributed by atoms with E-state index in [2.05, 4.69) is 26.3 Å². The van der Waals surface area contributed by atoms with Crippen LogP contribution in [-0.2, 0) is 37.4 Å². The Bertz CT molecular complexity index is 1700. The number of nitrogens with zero attached hydrogens (tertiary/aromatic N) is 4. The second kappa shape index (κ2) is 12.5. The van der Waals surface area contributed by atoms with Crippen LogP contribution in [0.5, 0.6) is 11.5 Å². The molecule has 3 aliphatic heterocycles. The van der Waals surface area contributed by atoms with E-state index in [1.165, 1.54) is 22.9 Å². The molecule has 4 heterocycles. The molecule has 45 heavy (non-hydrogen) atoms. The molecule has 3 amide bonds. The molecule has 14 nitrogen and oxygen atoms in total. The number of amides is 3. The van der Waals surface area contributed by atoms with Crippen LogP contribution in [0.15, 0.2) is 59.6 Å². The van der Waals surface area contributed by atoms with Gasteiger partial charge in [-0.25, -0.2) is 13.1 Å². The number of carbonyl (C=O) groups is 3. The molecule has 3 N–H and O–H groups in total. The molecule has 15 heteroatoms. The zero-order valence-corrected chi connectivity index (χ0v) is 25.7. The highest BCUT2D eigenvalue weighted by Gasteiger charge is 2.46. The van der Waals surface area contributed by atoms with E-state index in [1.807, 2.05) is 30.3 Å². The summed E-state index contributed by atoms with van der Waals surface area (Å²) in [5.74, 6) is -1.23. The summed E-state index contributed by atoms with van der Waals surface area (Å²) in [6, 6.07) is 9.94. The summed E-state index contributed by atoms with van der Waals surface area (Å²) in [4.78, 5) is 40.8. The Morgan fingerprint density at radius 2 is 1.71 bits per heavy atom. The Labute approximate surface area is 260 Å². The lowest BCUT2D eigenvalue weighted by molar-refractivity contribution is -0.133. The number of carbonyl (C=O) groups excluding carboxylic acids is 3. The highest BCUT2D eigenvalue weighted by Crippen LogP contribution is 2.37. The highest BCUT2D eigenvalue weighted by molar-refractivity contribution is 7.89. The Kier molecular flexibility index (Phi) is 8.46. The van der Waals surface area contributed by atoms with E-state index in [0.717, 1.165) is 9.87 Å². The van der Waals surface area contributed by atoms with Gasteiger partial charge in [-0.3, -0.25) is 14.4 Å². The molecule has 2 aromatic carbocycles. The first-order valence-electron chi connectivity index (χ1n) is 14.8. The van der Waals surface area contributed by atoms with Crippen molar-refractivity contribution in [2.75, 3.05) is 19.8 Å². The van der Waals surface area contributed by atoms with Crippen molar-refractivity contribution in [3.05, 3.63) is 66.0 Å². The number of sulfonamides is 1. The van der Waals surface area contributed by atoms with Crippen molar-refractivity contribution in [1.82, 2.24) is 35.2 Å². The molecule has 0 aliphatic carbocycles. The van der Waals surface area contributed by atoms with E-state index in [1.54, 1.807) is 20.0 Å². The van der Waals surface area contributed by atoms with E-state index in [9.17, 15) is 22.8 Å². The molecule has 0 spiro atoms. The van der Waals surface area contributed by atoms with Gasteiger partial charge in [0, 0.05) is 19.0 Å². The van der Waals surface area contributed by atoms with Crippen LogP contribution in [0.4, 0.5) is 0 Å². The van der Waals surface area contributed by atoms with Crippen molar-refractivity contribution in [2.24, 2.45) is 5.92 Å². The van der Waals surface area contributed by atoms with Gasteiger partial charge >= 0.3 is 0 Å². The van der Waals surface area contributed by atoms with Crippen molar-refractivity contribution in [2.45, 2.75) is 62.3 Å². The largest absolute Gasteiger partial charge is 0.486 e. The topological polar surface area (TPSA) is 174 Å². The highest BCUT2D eigenvalue weighted by atomic mass is 32.2. The number of fused-ring (bicyclic) bond motifs is 6. The third-order valence-corrected chi connectivity index (χ3v) is 10.1. The zero-order chi connectivity index (χ0) is 31.7. The van der Waals surface area contributed by atoms with Crippen LogP contribution in [0.25, 0.3) is 0 Å². The predicted octanol–water partition coefficient (Wildman–Crippen LogP) is 0.552. The number of hydrogen-bond acceptors (Lipinski definition) is 9. The molecule has 1 saturated heterocycles. The fraction of sp³-hybridized carbons (Fsp3) is 0.433. The maximum Gasteiger partial charge on any atom is 0.244 e. The Hall–Kier alpha value is -4.50. The van der Waals surface area contributed by atoms with Gasteiger partial charge in [-0.1, -0.05) is 49.4 Å². The molecule has 238 valence electrons. The standard InChI is InChI=1S/C30H35N7O7S/c1-18(2)27-30(40)32-23(12-19-6-4-3-5-7-19)28(38)31-15-20-16-36(35-34-20)21-13-24(29(39)33-27)37(17-21)45(41,42)22-8-9-25-26(14-22)44-11-10-43-25/h3-9,14,16,18,21,23-24,27H,10-13,15,17H2,1-2H3,(H,31,38)(H,32,40)(H,33,39)/t21-,23+,24-,27-/m0/s1. The third kappa shape index (κ3) is 6.35. The lowest BCUT2D eigenvalue weighted by Gasteiger charge is -2.28. The molecule has 1 fully saturated rings. The van der Waals surface area contributed by atoms with Crippen LogP contribution < -0.4 is 25.4 Å². The number of aromatic nitrogens is 3. The SMILES string of the molecule is CC(C)[C@@H]1NC(=O)[C@@H]2C[C@@H](CN2S(=O)(=O)c2ccc3c(c2)OCCO3)n2cc(nn2)CNC(=O)[C@@H](Cc2ccccc2)NC1=O. The summed E-state index contributed by atoms with van der Waals surface area (Å²) < 4.78 is 41.9. The number of rotatable bonds is 5. The van der Waals surface area contributed by atoms with E-state index < -0.39 is 51.9 Å². The van der Waals surface area contributed by atoms with E-state index >= 15 is 0 Å². The Balaban J connectivity index is 1.34. The summed E-state index contributed by atoms with van der Waals surface area (Å²) in [5.41, 5.74) is 1.28. The summed E-state index contributed by atoms with van der Waals surface area (Å²) in [6.07, 6.45) is 1.94. The van der Waals surface area contributed by atoms with E-state index in [0.29, 0.717) is 23.8 Å². The van der Waals surface area contributed by atoms with Crippen LogP contribution in [0.1, 0.15) is 37.6 Å². The second-order valence-corrected chi connectivity index (χ2v) is 13.6. The normalized spacial score (nSPS) is 24.3. The van der Waals surface area contributed by atoms with Crippen LogP contribution >= 0.6 is 0 Å². The van der Waals surface area contributed by atoms with Gasteiger partial charge in [0.2, 0.25) is 27.7 Å². The van der Waals surface area contributed by atoms with E-state index in [-0.39, 0.29) is 43.4 Å². The van der Waals surface area contributed by atoms with Crippen molar-refractivity contribution in [3.63, 3.8) is 0 Å². The van der Waals surface area contributed by atoms with Crippen molar-refractivity contribution >= 4 is 27.7 Å². The third-order valence-electron chi connectivity index (χ3n) is 8.19. The average molecular weight is 638 g/mol. The molecule has 0 unspecified atom stereocenters. The lowest BCUT2D eigenvalue weighted by atomic mass is 10.0. The summed E-state index contributed by atoms with van der Waals surface area (Å²) >= 11 is 0. The molecular weight excluding hydrogens is 602 g/mol. The van der Waals surface area contributed by atoms with Crippen LogP contribution in [-0.4, -0.2) is 83.3 Å². The molecule has 3 aliphatic rings. The quantitative estimate of drug-likeness (QED) is 0.361. The molecule has 6 rings (SSSR count). The van der Waals surface area contributed by atoms with Crippen LogP contribution in [0, 0.1) is 5.92 Å². The average Bonchev–Trinajstić information content (AvgIpc) is 3.70. The number of ether oxygens (including phenoxy) is 2. The van der Waals surface area contributed by atoms with Crippen LogP contribution in [0.2, 0.25) is 0 Å². The second-order valence-electron chi connectivity index (χ2n) is 11.7. The van der Waals surface area contributed by atoms with Gasteiger partial charge in [-0.15, -0.1) is 5.10 Å². The van der Waals surface area contributed by atoms with Gasteiger partial charge in [0.25, 0.3) is 0 Å². The van der Waals surface area contributed by atoms with Gasteiger partial charge in [-0.2, -0.15) is 4.31 Å². The van der Waals surface area contributed by atoms with Gasteiger partial charge in [0.1, 0.15) is 37.0 Å². The molecule has 0 radical (unpaired) electrons. The number of benzene rings is 2. The summed E-state index contributed by atoms with van der Waals surface area (Å²) in [5, 5.41) is 16.8. The predicted molar refractivity (Wildman–Crippen MR) is 159 cm³/mol. The van der Waals surface area contributed by atoms with Crippen molar-refractivity contribution in [3.8, 4) is 11.5 Å². The Morgan fingerprint density at radius 3 is 2.47 bits per heavy atom. The summed E-state index contributed by atoms with van der Waals surface area (Å²) in [6.45, 7) is 4.15. The Morgan fingerprint density at radius 1 is 0.956 bits per heavy atom. The van der Waals surface area contributed by atoms with Gasteiger partial charge in [0.05, 0.1) is 23.7 Å². The van der Waals surface area contributed by atoms with Gasteiger partial charge in [0.15, 0.2) is 11.5 Å². The minimum Gasteiger partial charge on any atom is -0.486 e. The fourth-order valence-electron chi connectivity index (χ4n) is 5.78. The fourth-order valence-corrected chi connectivity index (χ4v) is 7.43. The summed E-state index contributed by atoms with van der Waals surface area (Å²) in [7, 11) is -4.21. The van der Waals surface area contributed by atoms with Crippen LogP contribution in [0.3, 0.4) is 0 Å². The molecule has 4 bridgehead atoms. The molecular formula is C30H35N7O7S. The minimum absolute atomic E-state index is 0.0418. The number of nitrogens with one attached hydrogen (secondary N) is 3. The molecule has 3 aromatic rings. The molecule has 4 atom stereocenters. The first-order chi connectivity index (χ1) is 21.6. The molecule has 1 aromatic heterocycles. The first kappa shape index (κ1) is 30.5. The maximum atomic E-state index is 14.1. The smallest absolute Gasteiger partial charge is 0.244 e. The van der Waals surface area contributed by atoms with Gasteiger partial charge < -0.3 is 25.4 Å². The monoisotopic (exact) mass is 637 g/mol. The first-order valence-corrected chi connectivity index (χ1v) is 16.3. The van der Waals surface area contributed by atoms with Crippen molar-refractivity contribution < 1.29 is 32.3 Å². The molecule has 0 saturated carbocycles. The maximum absolute atomic E-state index is 14.1. The lowest BCUT2D eigenvalue weighted by Crippen LogP contribution is -2.58. The van der Waals surface area contributed by atoms with Gasteiger partial charge in [-0.05, 0) is 30.0 Å². The zero-order valence-electron chi connectivity index (χ0n) is 24.9. The minimum atomic E-state index is -4.21. The number of hydrogen-bond donors (Lipinski definition) is 3. The van der Waals surface area contributed by atoms with E-state index in [4.69, 9.17) is 9.47 Å². The van der Waals surface area contributed by atoms with Crippen molar-refractivity contribution in [1.29, 1.82) is 0 Å².